The molecule has 0 aliphatic heterocycles. The molecule has 1 N–H and O–H groups in total. The monoisotopic (exact) mass is 307 g/mol. The Kier molecular flexibility index (Phi) is 3.01. The van der Waals surface area contributed by atoms with Crippen LogP contribution in [0.2, 0.25) is 0 Å². The molecule has 110 valence electrons. The van der Waals surface area contributed by atoms with Gasteiger partial charge in [0.25, 0.3) is 0 Å². The molecule has 0 atom stereocenters. The van der Waals surface area contributed by atoms with E-state index in [0.717, 1.165) is 22.8 Å². The molecule has 0 amide bonds. The maximum absolute atomic E-state index is 4.70. The zero-order valence-corrected chi connectivity index (χ0v) is 13.4. The molecule has 1 heterocycles. The summed E-state index contributed by atoms with van der Waals surface area (Å²) in [4.78, 5) is 4.58. The second-order valence-corrected chi connectivity index (χ2v) is 7.31. The number of nitrogens with zero attached hydrogens (tertiary/aromatic N) is 2. The fourth-order valence-electron chi connectivity index (χ4n) is 3.07. The lowest BCUT2D eigenvalue weighted by Gasteiger charge is -2.18. The number of rotatable bonds is 2. The van der Waals surface area contributed by atoms with E-state index < -0.39 is 0 Å². The SMILES string of the molecule is CC1(C)Cc2ccccc2/C1=N\Nc1nc2ccccc2s1. The Bertz CT molecular complexity index is 844. The second kappa shape index (κ2) is 4.92. The maximum Gasteiger partial charge on any atom is 0.204 e. The number of hydrazone groups is 1. The highest BCUT2D eigenvalue weighted by molar-refractivity contribution is 7.22. The summed E-state index contributed by atoms with van der Waals surface area (Å²) in [5.41, 5.74) is 7.97. The fourth-order valence-corrected chi connectivity index (χ4v) is 3.87. The summed E-state index contributed by atoms with van der Waals surface area (Å²) in [6, 6.07) is 16.7. The predicted molar refractivity (Wildman–Crippen MR) is 93.7 cm³/mol. The van der Waals surface area contributed by atoms with Gasteiger partial charge in [-0.15, -0.1) is 0 Å². The van der Waals surface area contributed by atoms with Crippen LogP contribution >= 0.6 is 11.3 Å². The summed E-state index contributed by atoms with van der Waals surface area (Å²) in [6.07, 6.45) is 1.03. The van der Waals surface area contributed by atoms with Crippen LogP contribution in [-0.4, -0.2) is 10.7 Å². The molecule has 4 heteroatoms. The average Bonchev–Trinajstić information content (AvgIpc) is 3.01. The first-order valence-electron chi connectivity index (χ1n) is 7.41. The topological polar surface area (TPSA) is 37.3 Å². The predicted octanol–water partition coefficient (Wildman–Crippen LogP) is 4.69. The summed E-state index contributed by atoms with van der Waals surface area (Å²) >= 11 is 1.63. The maximum atomic E-state index is 4.70. The molecular formula is C18H17N3S. The molecule has 3 nitrogen and oxygen atoms in total. The number of thiazole rings is 1. The number of anilines is 1. The Morgan fingerprint density at radius 3 is 2.73 bits per heavy atom. The van der Waals surface area contributed by atoms with Gasteiger partial charge in [-0.25, -0.2) is 4.98 Å². The van der Waals surface area contributed by atoms with E-state index in [1.165, 1.54) is 15.8 Å². The van der Waals surface area contributed by atoms with Crippen molar-refractivity contribution in [2.45, 2.75) is 20.3 Å². The third-order valence-corrected chi connectivity index (χ3v) is 5.04. The van der Waals surface area contributed by atoms with Gasteiger partial charge >= 0.3 is 0 Å². The van der Waals surface area contributed by atoms with E-state index in [1.807, 2.05) is 18.2 Å². The van der Waals surface area contributed by atoms with E-state index in [0.29, 0.717) is 0 Å². The van der Waals surface area contributed by atoms with Crippen molar-refractivity contribution in [3.8, 4) is 0 Å². The second-order valence-electron chi connectivity index (χ2n) is 6.28. The van der Waals surface area contributed by atoms with Crippen LogP contribution < -0.4 is 5.43 Å². The van der Waals surface area contributed by atoms with Gasteiger partial charge in [-0.2, -0.15) is 5.10 Å². The first-order valence-corrected chi connectivity index (χ1v) is 8.23. The van der Waals surface area contributed by atoms with E-state index in [-0.39, 0.29) is 5.41 Å². The van der Waals surface area contributed by atoms with Crippen LogP contribution in [0.25, 0.3) is 10.2 Å². The molecule has 0 saturated heterocycles. The van der Waals surface area contributed by atoms with Gasteiger partial charge < -0.3 is 0 Å². The quantitative estimate of drug-likeness (QED) is 0.697. The highest BCUT2D eigenvalue weighted by Crippen LogP contribution is 2.37. The molecule has 0 fully saturated rings. The molecule has 1 aliphatic carbocycles. The molecule has 1 aromatic heterocycles. The number of nitrogens with one attached hydrogen (secondary N) is 1. The van der Waals surface area contributed by atoms with Gasteiger partial charge in [-0.3, -0.25) is 5.43 Å². The third-order valence-electron chi connectivity index (χ3n) is 4.10. The van der Waals surface area contributed by atoms with Crippen molar-refractivity contribution in [2.75, 3.05) is 5.43 Å². The molecule has 1 aliphatic rings. The standard InChI is InChI=1S/C18H17N3S/c1-18(2)11-12-7-3-4-8-13(12)16(18)20-21-17-19-14-9-5-6-10-15(14)22-17/h3-10H,11H2,1-2H3,(H,19,21)/b20-16+. The molecule has 0 radical (unpaired) electrons. The van der Waals surface area contributed by atoms with Crippen LogP contribution in [0.15, 0.2) is 53.6 Å². The summed E-state index contributed by atoms with van der Waals surface area (Å²) in [7, 11) is 0. The van der Waals surface area contributed by atoms with E-state index >= 15 is 0 Å². The van der Waals surface area contributed by atoms with Crippen molar-refractivity contribution in [2.24, 2.45) is 10.5 Å². The molecule has 3 aromatic rings. The van der Waals surface area contributed by atoms with Crippen LogP contribution in [0.3, 0.4) is 0 Å². The number of para-hydroxylation sites is 1. The Morgan fingerprint density at radius 2 is 1.86 bits per heavy atom. The fraction of sp³-hybridized carbons (Fsp3) is 0.222. The van der Waals surface area contributed by atoms with E-state index in [4.69, 9.17) is 5.10 Å². The normalized spacial score (nSPS) is 17.8. The first-order chi connectivity index (χ1) is 10.6. The number of benzene rings is 2. The molecule has 0 spiro atoms. The molecule has 4 rings (SSSR count). The summed E-state index contributed by atoms with van der Waals surface area (Å²) in [5, 5.41) is 5.54. The highest BCUT2D eigenvalue weighted by atomic mass is 32.1. The third kappa shape index (κ3) is 2.20. The van der Waals surface area contributed by atoms with E-state index in [9.17, 15) is 0 Å². The lowest BCUT2D eigenvalue weighted by molar-refractivity contribution is 0.540. The molecule has 0 saturated carbocycles. The van der Waals surface area contributed by atoms with Crippen molar-refractivity contribution in [3.63, 3.8) is 0 Å². The largest absolute Gasteiger partial charge is 0.252 e. The van der Waals surface area contributed by atoms with Crippen molar-refractivity contribution >= 4 is 32.4 Å². The van der Waals surface area contributed by atoms with Crippen LogP contribution in [0.1, 0.15) is 25.0 Å². The van der Waals surface area contributed by atoms with Crippen molar-refractivity contribution in [3.05, 3.63) is 59.7 Å². The van der Waals surface area contributed by atoms with Gasteiger partial charge in [0.1, 0.15) is 0 Å². The Morgan fingerprint density at radius 1 is 1.09 bits per heavy atom. The number of fused-ring (bicyclic) bond motifs is 2. The first kappa shape index (κ1) is 13.5. The molecular weight excluding hydrogens is 290 g/mol. The smallest absolute Gasteiger partial charge is 0.204 e. The summed E-state index contributed by atoms with van der Waals surface area (Å²) in [6.45, 7) is 4.48. The summed E-state index contributed by atoms with van der Waals surface area (Å²) < 4.78 is 1.18. The Labute approximate surface area is 133 Å². The van der Waals surface area contributed by atoms with E-state index in [2.05, 4.69) is 54.6 Å². The molecule has 0 bridgehead atoms. The Balaban J connectivity index is 1.70. The lowest BCUT2D eigenvalue weighted by atomic mass is 9.88. The zero-order chi connectivity index (χ0) is 15.2. The van der Waals surface area contributed by atoms with Gasteiger partial charge in [-0.05, 0) is 24.1 Å². The van der Waals surface area contributed by atoms with Crippen molar-refractivity contribution in [1.29, 1.82) is 0 Å². The minimum Gasteiger partial charge on any atom is -0.252 e. The number of aromatic nitrogens is 1. The van der Waals surface area contributed by atoms with Crippen LogP contribution in [-0.2, 0) is 6.42 Å². The van der Waals surface area contributed by atoms with Gasteiger partial charge in [0, 0.05) is 11.0 Å². The minimum absolute atomic E-state index is 0.0490. The van der Waals surface area contributed by atoms with Crippen molar-refractivity contribution in [1.82, 2.24) is 4.98 Å². The summed E-state index contributed by atoms with van der Waals surface area (Å²) in [5.74, 6) is 0. The van der Waals surface area contributed by atoms with Crippen molar-refractivity contribution < 1.29 is 0 Å². The highest BCUT2D eigenvalue weighted by Gasteiger charge is 2.35. The van der Waals surface area contributed by atoms with Crippen LogP contribution in [0.5, 0.6) is 0 Å². The molecule has 22 heavy (non-hydrogen) atoms. The van der Waals surface area contributed by atoms with Gasteiger partial charge in [0.15, 0.2) is 0 Å². The lowest BCUT2D eigenvalue weighted by Crippen LogP contribution is -2.21. The average molecular weight is 307 g/mol. The van der Waals surface area contributed by atoms with E-state index in [1.54, 1.807) is 11.3 Å². The van der Waals surface area contributed by atoms with Crippen LogP contribution in [0, 0.1) is 5.41 Å². The number of hydrogen-bond acceptors (Lipinski definition) is 4. The van der Waals surface area contributed by atoms with Gasteiger partial charge in [0.05, 0.1) is 15.9 Å². The molecule has 2 aromatic carbocycles. The molecule has 0 unspecified atom stereocenters. The number of hydrogen-bond donors (Lipinski definition) is 1. The van der Waals surface area contributed by atoms with Gasteiger partial charge in [-0.1, -0.05) is 61.6 Å². The Hall–Kier alpha value is -2.20. The van der Waals surface area contributed by atoms with Crippen LogP contribution in [0.4, 0.5) is 5.13 Å². The van der Waals surface area contributed by atoms with Gasteiger partial charge in [0.2, 0.25) is 5.13 Å². The minimum atomic E-state index is 0.0490. The zero-order valence-electron chi connectivity index (χ0n) is 12.6.